The summed E-state index contributed by atoms with van der Waals surface area (Å²) in [6.45, 7) is 0. The lowest BCUT2D eigenvalue weighted by Gasteiger charge is -2.47. The molecule has 3 aliphatic rings. The van der Waals surface area contributed by atoms with E-state index in [0.717, 1.165) is 24.7 Å². The van der Waals surface area contributed by atoms with Gasteiger partial charge in [0.1, 0.15) is 5.78 Å². The molecule has 2 saturated heterocycles. The first-order chi connectivity index (χ1) is 6.25. The number of hydrogen-bond acceptors (Lipinski definition) is 2. The zero-order valence-electron chi connectivity index (χ0n) is 8.20. The molecule has 72 valence electrons. The van der Waals surface area contributed by atoms with Crippen molar-refractivity contribution in [3.8, 4) is 0 Å². The van der Waals surface area contributed by atoms with Gasteiger partial charge in [0.15, 0.2) is 0 Å². The summed E-state index contributed by atoms with van der Waals surface area (Å²) in [6.07, 6.45) is 5.84. The van der Waals surface area contributed by atoms with E-state index in [9.17, 15) is 4.79 Å². The quantitative estimate of drug-likeness (QED) is 0.561. The molecule has 0 aromatic carbocycles. The van der Waals surface area contributed by atoms with Gasteiger partial charge in [0.05, 0.1) is 0 Å². The third-order valence-electron chi connectivity index (χ3n) is 4.52. The van der Waals surface area contributed by atoms with Crippen LogP contribution in [0.5, 0.6) is 0 Å². The number of Topliss-reactive ketones (excluding diaryl/α,β-unsaturated/α-hetero) is 1. The lowest BCUT2D eigenvalue weighted by atomic mass is 9.77. The van der Waals surface area contributed by atoms with Crippen molar-refractivity contribution in [2.45, 2.75) is 44.2 Å². The fourth-order valence-corrected chi connectivity index (χ4v) is 3.83. The molecule has 0 unspecified atom stereocenters. The van der Waals surface area contributed by atoms with Gasteiger partial charge in [-0.05, 0) is 38.1 Å². The van der Waals surface area contributed by atoms with Crippen LogP contribution in [0.15, 0.2) is 0 Å². The maximum atomic E-state index is 11.5. The molecule has 0 radical (unpaired) electrons. The zero-order valence-corrected chi connectivity index (χ0v) is 8.20. The molecule has 4 atom stereocenters. The fourth-order valence-electron chi connectivity index (χ4n) is 3.83. The average Bonchev–Trinajstić information content (AvgIpc) is 2.52. The second-order valence-electron chi connectivity index (χ2n) is 5.08. The Bertz CT molecular complexity index is 228. The number of piperidine rings is 2. The minimum absolute atomic E-state index is 0.518. The van der Waals surface area contributed by atoms with Crippen LogP contribution in [0.3, 0.4) is 0 Å². The molecule has 2 heteroatoms. The molecular weight excluding hydrogens is 162 g/mol. The monoisotopic (exact) mass is 179 g/mol. The Morgan fingerprint density at radius 3 is 2.23 bits per heavy atom. The van der Waals surface area contributed by atoms with Crippen LogP contribution in [0.2, 0.25) is 0 Å². The molecule has 13 heavy (non-hydrogen) atoms. The first-order valence-electron chi connectivity index (χ1n) is 5.49. The Morgan fingerprint density at radius 2 is 1.69 bits per heavy atom. The van der Waals surface area contributed by atoms with Gasteiger partial charge in [-0.25, -0.2) is 0 Å². The van der Waals surface area contributed by atoms with Crippen LogP contribution in [0.25, 0.3) is 0 Å². The van der Waals surface area contributed by atoms with E-state index in [1.54, 1.807) is 0 Å². The topological polar surface area (TPSA) is 20.3 Å². The number of carbonyl (C=O) groups excluding carboxylic acids is 1. The van der Waals surface area contributed by atoms with Crippen LogP contribution < -0.4 is 0 Å². The van der Waals surface area contributed by atoms with Crippen LogP contribution in [0, 0.1) is 11.8 Å². The van der Waals surface area contributed by atoms with Crippen molar-refractivity contribution >= 4 is 5.78 Å². The third kappa shape index (κ3) is 1.01. The van der Waals surface area contributed by atoms with Crippen LogP contribution in [0.1, 0.15) is 32.1 Å². The molecule has 3 fully saturated rings. The molecule has 2 heterocycles. The van der Waals surface area contributed by atoms with Crippen molar-refractivity contribution in [1.82, 2.24) is 4.90 Å². The van der Waals surface area contributed by atoms with Gasteiger partial charge in [-0.3, -0.25) is 9.69 Å². The van der Waals surface area contributed by atoms with Crippen LogP contribution in [-0.4, -0.2) is 29.8 Å². The van der Waals surface area contributed by atoms with Gasteiger partial charge in [0.2, 0.25) is 0 Å². The molecule has 4 bridgehead atoms. The molecule has 1 aliphatic carbocycles. The summed E-state index contributed by atoms with van der Waals surface area (Å²) < 4.78 is 0. The van der Waals surface area contributed by atoms with Crippen molar-refractivity contribution in [2.24, 2.45) is 11.8 Å². The summed E-state index contributed by atoms with van der Waals surface area (Å²) in [5.41, 5.74) is 0. The Balaban J connectivity index is 1.95. The highest BCUT2D eigenvalue weighted by Gasteiger charge is 2.48. The predicted molar refractivity (Wildman–Crippen MR) is 50.4 cm³/mol. The normalized spacial score (nSPS) is 49.8. The molecule has 3 rings (SSSR count). The van der Waals surface area contributed by atoms with Crippen LogP contribution >= 0.6 is 0 Å². The molecule has 0 spiro atoms. The number of nitrogens with zero attached hydrogens (tertiary/aromatic N) is 1. The van der Waals surface area contributed by atoms with E-state index in [0.29, 0.717) is 17.9 Å². The van der Waals surface area contributed by atoms with E-state index in [1.807, 2.05) is 0 Å². The van der Waals surface area contributed by atoms with Crippen molar-refractivity contribution in [3.63, 3.8) is 0 Å². The highest BCUT2D eigenvalue weighted by atomic mass is 16.1. The van der Waals surface area contributed by atoms with E-state index in [2.05, 4.69) is 11.9 Å². The van der Waals surface area contributed by atoms with Crippen molar-refractivity contribution in [3.05, 3.63) is 0 Å². The summed E-state index contributed by atoms with van der Waals surface area (Å²) in [4.78, 5) is 14.0. The number of carbonyl (C=O) groups is 1. The molecule has 2 aliphatic heterocycles. The molecule has 0 N–H and O–H groups in total. The average molecular weight is 179 g/mol. The Morgan fingerprint density at radius 1 is 1.15 bits per heavy atom. The molecule has 2 nitrogen and oxygen atoms in total. The Kier molecular flexibility index (Phi) is 1.58. The SMILES string of the molecule is CN1[C@H]2CC(=O)C[C@H]1[C@@H]1CC[C@@H]2C1. The van der Waals surface area contributed by atoms with E-state index in [4.69, 9.17) is 0 Å². The molecule has 0 aromatic rings. The maximum absolute atomic E-state index is 11.5. The smallest absolute Gasteiger partial charge is 0.136 e. The molecule has 0 amide bonds. The largest absolute Gasteiger partial charge is 0.300 e. The summed E-state index contributed by atoms with van der Waals surface area (Å²) >= 11 is 0. The molecule has 0 aromatic heterocycles. The highest BCUT2D eigenvalue weighted by Crippen LogP contribution is 2.47. The van der Waals surface area contributed by atoms with Crippen LogP contribution in [0.4, 0.5) is 0 Å². The van der Waals surface area contributed by atoms with Gasteiger partial charge in [-0.2, -0.15) is 0 Å². The fraction of sp³-hybridized carbons (Fsp3) is 0.909. The summed E-state index contributed by atoms with van der Waals surface area (Å²) in [5, 5.41) is 0. The number of ketones is 1. The van der Waals surface area contributed by atoms with E-state index in [-0.39, 0.29) is 0 Å². The van der Waals surface area contributed by atoms with Gasteiger partial charge in [-0.1, -0.05) is 0 Å². The van der Waals surface area contributed by atoms with Gasteiger partial charge in [-0.15, -0.1) is 0 Å². The second kappa shape index (κ2) is 2.57. The first-order valence-corrected chi connectivity index (χ1v) is 5.49. The molecular formula is C11H17NO. The third-order valence-corrected chi connectivity index (χ3v) is 4.52. The number of hydrogen-bond donors (Lipinski definition) is 0. The standard InChI is InChI=1S/C11H17NO/c1-12-10-5-9(13)6-11(12)8-3-2-7(10)4-8/h7-8,10-11H,2-6H2,1H3/t7-,8-,10+,11+/m1/s1. The van der Waals surface area contributed by atoms with Crippen molar-refractivity contribution in [2.75, 3.05) is 7.05 Å². The van der Waals surface area contributed by atoms with Crippen molar-refractivity contribution in [1.29, 1.82) is 0 Å². The van der Waals surface area contributed by atoms with Crippen molar-refractivity contribution < 1.29 is 4.79 Å². The van der Waals surface area contributed by atoms with E-state index >= 15 is 0 Å². The summed E-state index contributed by atoms with van der Waals surface area (Å²) in [5.74, 6) is 2.20. The van der Waals surface area contributed by atoms with Gasteiger partial charge in [0, 0.05) is 24.9 Å². The van der Waals surface area contributed by atoms with Gasteiger partial charge < -0.3 is 0 Å². The van der Waals surface area contributed by atoms with Crippen LogP contribution in [-0.2, 0) is 4.79 Å². The first kappa shape index (κ1) is 7.98. The maximum Gasteiger partial charge on any atom is 0.136 e. The van der Waals surface area contributed by atoms with E-state index in [1.165, 1.54) is 19.3 Å². The Labute approximate surface area is 79.3 Å². The van der Waals surface area contributed by atoms with Gasteiger partial charge in [0.25, 0.3) is 0 Å². The summed E-state index contributed by atoms with van der Waals surface area (Å²) in [6, 6.07) is 1.20. The van der Waals surface area contributed by atoms with Gasteiger partial charge >= 0.3 is 0 Å². The molecule has 1 saturated carbocycles. The van der Waals surface area contributed by atoms with E-state index < -0.39 is 0 Å². The zero-order chi connectivity index (χ0) is 9.00. The summed E-state index contributed by atoms with van der Waals surface area (Å²) in [7, 11) is 2.23. The Hall–Kier alpha value is -0.370. The number of rotatable bonds is 0. The predicted octanol–water partition coefficient (Wildman–Crippen LogP) is 1.45. The number of fused-ring (bicyclic) bond motifs is 6. The second-order valence-corrected chi connectivity index (χ2v) is 5.08. The minimum Gasteiger partial charge on any atom is -0.300 e. The highest BCUT2D eigenvalue weighted by molar-refractivity contribution is 5.80. The lowest BCUT2D eigenvalue weighted by Crippen LogP contribution is -2.55. The lowest BCUT2D eigenvalue weighted by molar-refractivity contribution is -0.128. The minimum atomic E-state index is 0.518.